The Morgan fingerprint density at radius 3 is 2.93 bits per heavy atom. The van der Waals surface area contributed by atoms with Crippen LogP contribution in [0.25, 0.3) is 0 Å². The van der Waals surface area contributed by atoms with E-state index in [1.54, 1.807) is 6.20 Å². The first-order chi connectivity index (χ1) is 6.65. The summed E-state index contributed by atoms with van der Waals surface area (Å²) in [6.45, 7) is 5.19. The van der Waals surface area contributed by atoms with E-state index in [9.17, 15) is 4.79 Å². The lowest BCUT2D eigenvalue weighted by molar-refractivity contribution is -0.121. The number of aryl methyl sites for hydroxylation is 1. The van der Waals surface area contributed by atoms with Crippen LogP contribution in [0.3, 0.4) is 0 Å². The first-order valence-electron chi connectivity index (χ1n) is 4.59. The average molecular weight is 260 g/mol. The molecule has 0 saturated carbocycles. The number of amides is 1. The van der Waals surface area contributed by atoms with Crippen LogP contribution in [0, 0.1) is 6.92 Å². The van der Waals surface area contributed by atoms with Gasteiger partial charge in [-0.2, -0.15) is 5.10 Å². The summed E-state index contributed by atoms with van der Waals surface area (Å²) in [5, 5.41) is 6.89. The Balaban J connectivity index is 2.46. The summed E-state index contributed by atoms with van der Waals surface area (Å²) in [5.74, 6) is 0.0681. The van der Waals surface area contributed by atoms with Crippen LogP contribution in [0.4, 0.5) is 0 Å². The molecule has 1 N–H and O–H groups in total. The third kappa shape index (κ3) is 2.83. The van der Waals surface area contributed by atoms with Crippen molar-refractivity contribution in [2.75, 3.05) is 6.54 Å². The molecule has 78 valence electrons. The van der Waals surface area contributed by atoms with Crippen LogP contribution in [-0.2, 0) is 11.3 Å². The highest BCUT2D eigenvalue weighted by Crippen LogP contribution is 2.14. The molecular formula is C9H14BrN3O. The van der Waals surface area contributed by atoms with E-state index in [1.165, 1.54) is 0 Å². The second kappa shape index (κ2) is 5.14. The Morgan fingerprint density at radius 2 is 2.43 bits per heavy atom. The van der Waals surface area contributed by atoms with Gasteiger partial charge in [0.2, 0.25) is 5.91 Å². The fraction of sp³-hybridized carbons (Fsp3) is 0.556. The first kappa shape index (κ1) is 11.2. The van der Waals surface area contributed by atoms with E-state index in [-0.39, 0.29) is 5.91 Å². The van der Waals surface area contributed by atoms with E-state index in [4.69, 9.17) is 0 Å². The van der Waals surface area contributed by atoms with Gasteiger partial charge in [0.15, 0.2) is 0 Å². The van der Waals surface area contributed by atoms with E-state index >= 15 is 0 Å². The van der Waals surface area contributed by atoms with Gasteiger partial charge in [-0.15, -0.1) is 0 Å². The number of nitrogens with one attached hydrogen (secondary N) is 1. The van der Waals surface area contributed by atoms with Crippen molar-refractivity contribution < 1.29 is 4.79 Å². The standard InChI is InChI=1S/C9H14BrN3O/c1-3-11-9(14)4-5-13-7(2)8(10)6-12-13/h6H,3-5H2,1-2H3,(H,11,14). The lowest BCUT2D eigenvalue weighted by Crippen LogP contribution is -2.24. The molecule has 0 spiro atoms. The van der Waals surface area contributed by atoms with Crippen molar-refractivity contribution in [1.29, 1.82) is 0 Å². The Labute approximate surface area is 91.8 Å². The van der Waals surface area contributed by atoms with Gasteiger partial charge in [0, 0.05) is 25.2 Å². The molecule has 1 heterocycles. The number of halogens is 1. The first-order valence-corrected chi connectivity index (χ1v) is 5.39. The molecule has 0 unspecified atom stereocenters. The largest absolute Gasteiger partial charge is 0.356 e. The van der Waals surface area contributed by atoms with Gasteiger partial charge in [0.05, 0.1) is 10.7 Å². The smallest absolute Gasteiger partial charge is 0.221 e. The van der Waals surface area contributed by atoms with Gasteiger partial charge in [-0.1, -0.05) is 0 Å². The van der Waals surface area contributed by atoms with E-state index in [0.717, 1.165) is 10.2 Å². The number of aromatic nitrogens is 2. The zero-order valence-electron chi connectivity index (χ0n) is 8.38. The Hall–Kier alpha value is -0.840. The molecule has 0 aliphatic rings. The second-order valence-electron chi connectivity index (χ2n) is 3.00. The van der Waals surface area contributed by atoms with E-state index in [0.29, 0.717) is 19.5 Å². The summed E-state index contributed by atoms with van der Waals surface area (Å²) in [6.07, 6.45) is 2.22. The molecule has 14 heavy (non-hydrogen) atoms. The second-order valence-corrected chi connectivity index (χ2v) is 3.86. The molecule has 0 saturated heterocycles. The number of carbonyl (C=O) groups is 1. The van der Waals surface area contributed by atoms with Crippen molar-refractivity contribution in [2.45, 2.75) is 26.8 Å². The van der Waals surface area contributed by atoms with Gasteiger partial charge in [-0.25, -0.2) is 0 Å². The van der Waals surface area contributed by atoms with Gasteiger partial charge in [-0.05, 0) is 29.8 Å². The number of hydrogen-bond donors (Lipinski definition) is 1. The Bertz CT molecular complexity index is 322. The van der Waals surface area contributed by atoms with Crippen molar-refractivity contribution in [2.24, 2.45) is 0 Å². The summed E-state index contributed by atoms with van der Waals surface area (Å²) >= 11 is 3.37. The third-order valence-electron chi connectivity index (χ3n) is 1.97. The van der Waals surface area contributed by atoms with Gasteiger partial charge in [0.25, 0.3) is 0 Å². The molecule has 0 aliphatic heterocycles. The SMILES string of the molecule is CCNC(=O)CCn1ncc(Br)c1C. The highest BCUT2D eigenvalue weighted by atomic mass is 79.9. The van der Waals surface area contributed by atoms with Crippen LogP contribution in [0.1, 0.15) is 19.0 Å². The fourth-order valence-corrected chi connectivity index (χ4v) is 1.44. The van der Waals surface area contributed by atoms with Crippen molar-refractivity contribution in [3.63, 3.8) is 0 Å². The number of rotatable bonds is 4. The summed E-state index contributed by atoms with van der Waals surface area (Å²) in [5.41, 5.74) is 1.05. The molecular weight excluding hydrogens is 246 g/mol. The van der Waals surface area contributed by atoms with Crippen LogP contribution >= 0.6 is 15.9 Å². The summed E-state index contributed by atoms with van der Waals surface area (Å²) < 4.78 is 2.80. The van der Waals surface area contributed by atoms with Gasteiger partial charge >= 0.3 is 0 Å². The maximum absolute atomic E-state index is 11.2. The summed E-state index contributed by atoms with van der Waals surface area (Å²) in [4.78, 5) is 11.2. The van der Waals surface area contributed by atoms with E-state index in [2.05, 4.69) is 26.3 Å². The Kier molecular flexibility index (Phi) is 4.13. The number of carbonyl (C=O) groups excluding carboxylic acids is 1. The van der Waals surface area contributed by atoms with E-state index in [1.807, 2.05) is 18.5 Å². The summed E-state index contributed by atoms with van der Waals surface area (Å²) in [7, 11) is 0. The molecule has 0 bridgehead atoms. The third-order valence-corrected chi connectivity index (χ3v) is 2.75. The fourth-order valence-electron chi connectivity index (χ4n) is 1.14. The normalized spacial score (nSPS) is 10.2. The summed E-state index contributed by atoms with van der Waals surface area (Å²) in [6, 6.07) is 0. The van der Waals surface area contributed by atoms with Crippen molar-refractivity contribution in [3.8, 4) is 0 Å². The molecule has 1 aromatic heterocycles. The number of nitrogens with zero attached hydrogens (tertiary/aromatic N) is 2. The molecule has 5 heteroatoms. The molecule has 0 aromatic carbocycles. The minimum absolute atomic E-state index is 0.0681. The monoisotopic (exact) mass is 259 g/mol. The molecule has 1 amide bonds. The highest BCUT2D eigenvalue weighted by Gasteiger charge is 2.05. The van der Waals surface area contributed by atoms with Crippen LogP contribution in [0.5, 0.6) is 0 Å². The molecule has 1 rings (SSSR count). The zero-order valence-corrected chi connectivity index (χ0v) is 9.97. The van der Waals surface area contributed by atoms with Crippen LogP contribution < -0.4 is 5.32 Å². The molecule has 0 radical (unpaired) electrons. The van der Waals surface area contributed by atoms with E-state index < -0.39 is 0 Å². The minimum atomic E-state index is 0.0681. The topological polar surface area (TPSA) is 46.9 Å². The molecule has 0 aliphatic carbocycles. The molecule has 1 aromatic rings. The van der Waals surface area contributed by atoms with Crippen LogP contribution in [0.15, 0.2) is 10.7 Å². The van der Waals surface area contributed by atoms with Gasteiger partial charge in [0.1, 0.15) is 0 Å². The van der Waals surface area contributed by atoms with Gasteiger partial charge < -0.3 is 5.32 Å². The molecule has 4 nitrogen and oxygen atoms in total. The van der Waals surface area contributed by atoms with Crippen molar-refractivity contribution in [1.82, 2.24) is 15.1 Å². The highest BCUT2D eigenvalue weighted by molar-refractivity contribution is 9.10. The zero-order chi connectivity index (χ0) is 10.6. The van der Waals surface area contributed by atoms with Crippen molar-refractivity contribution in [3.05, 3.63) is 16.4 Å². The average Bonchev–Trinajstić information content (AvgIpc) is 2.46. The maximum Gasteiger partial charge on any atom is 0.221 e. The van der Waals surface area contributed by atoms with Crippen LogP contribution in [0.2, 0.25) is 0 Å². The van der Waals surface area contributed by atoms with Crippen LogP contribution in [-0.4, -0.2) is 22.2 Å². The van der Waals surface area contributed by atoms with Gasteiger partial charge in [-0.3, -0.25) is 9.48 Å². The maximum atomic E-state index is 11.2. The Morgan fingerprint density at radius 1 is 1.71 bits per heavy atom. The lowest BCUT2D eigenvalue weighted by Gasteiger charge is -2.04. The van der Waals surface area contributed by atoms with Crippen molar-refractivity contribution >= 4 is 21.8 Å². The molecule has 0 fully saturated rings. The molecule has 0 atom stereocenters. The quantitative estimate of drug-likeness (QED) is 0.891. The lowest BCUT2D eigenvalue weighted by atomic mass is 10.4. The minimum Gasteiger partial charge on any atom is -0.356 e. The number of hydrogen-bond acceptors (Lipinski definition) is 2. The predicted molar refractivity (Wildman–Crippen MR) is 58.0 cm³/mol. The predicted octanol–water partition coefficient (Wildman–Crippen LogP) is 1.48.